The minimum Gasteiger partial charge on any atom is -0.451 e. The van der Waals surface area contributed by atoms with Crippen molar-refractivity contribution in [2.75, 3.05) is 0 Å². The zero-order chi connectivity index (χ0) is 29.2. The largest absolute Gasteiger partial charge is 0.451 e. The predicted octanol–water partition coefficient (Wildman–Crippen LogP) is 5.32. The molecule has 1 aromatic heterocycles. The first kappa shape index (κ1) is 27.9. The van der Waals surface area contributed by atoms with Crippen LogP contribution in [0.15, 0.2) is 69.8 Å². The van der Waals surface area contributed by atoms with E-state index in [1.165, 1.54) is 24.0 Å². The number of rotatable bonds is 4. The number of fused-ring (bicyclic) bond motifs is 5. The maximum absolute atomic E-state index is 13.4. The van der Waals surface area contributed by atoms with Gasteiger partial charge in [-0.3, -0.25) is 4.79 Å². The summed E-state index contributed by atoms with van der Waals surface area (Å²) in [7, 11) is 0. The summed E-state index contributed by atoms with van der Waals surface area (Å²) in [5.74, 6) is -1.01. The number of esters is 1. The number of aliphatic imine (C=N–C) groups is 1. The third-order valence-electron chi connectivity index (χ3n) is 10.5. The Morgan fingerprint density at radius 2 is 2.02 bits per heavy atom. The highest BCUT2D eigenvalue weighted by Crippen LogP contribution is 2.68. The molecular formula is C31H34FN3O5S. The molecule has 3 N–H and O–H groups in total. The lowest BCUT2D eigenvalue weighted by atomic mass is 9.45. The number of allylic oxidation sites excluding steroid dienone is 3. The van der Waals surface area contributed by atoms with Crippen molar-refractivity contribution in [3.63, 3.8) is 0 Å². The Balaban J connectivity index is 1.34. The first-order chi connectivity index (χ1) is 19.5. The molecule has 2 aromatic rings. The number of carbonyl (C=O) groups is 2. The normalized spacial score (nSPS) is 38.1. The van der Waals surface area contributed by atoms with Crippen molar-refractivity contribution in [3.05, 3.63) is 71.9 Å². The quantitative estimate of drug-likeness (QED) is 0.330. The number of aromatic nitrogens is 1. The fourth-order valence-corrected chi connectivity index (χ4v) is 9.08. The molecule has 3 unspecified atom stereocenters. The minimum atomic E-state index is -1.48. The topological polar surface area (TPSA) is 128 Å². The van der Waals surface area contributed by atoms with E-state index in [4.69, 9.17) is 19.9 Å². The van der Waals surface area contributed by atoms with Gasteiger partial charge in [0, 0.05) is 5.41 Å². The van der Waals surface area contributed by atoms with Gasteiger partial charge in [-0.25, -0.2) is 19.2 Å². The molecule has 4 aliphatic carbocycles. The first-order valence-corrected chi connectivity index (χ1v) is 14.5. The van der Waals surface area contributed by atoms with Gasteiger partial charge >= 0.3 is 5.97 Å². The fourth-order valence-electron chi connectivity index (χ4n) is 8.66. The van der Waals surface area contributed by atoms with Gasteiger partial charge in [0.25, 0.3) is 0 Å². The van der Waals surface area contributed by atoms with Crippen molar-refractivity contribution in [2.24, 2.45) is 39.3 Å². The number of hydrogen-bond acceptors (Lipinski definition) is 8. The van der Waals surface area contributed by atoms with Gasteiger partial charge in [0.1, 0.15) is 12.1 Å². The molecule has 0 aliphatic heterocycles. The van der Waals surface area contributed by atoms with Crippen molar-refractivity contribution in [3.8, 4) is 0 Å². The number of aliphatic hydroxyl groups is 1. The lowest BCUT2D eigenvalue weighted by Crippen LogP contribution is -2.62. The summed E-state index contributed by atoms with van der Waals surface area (Å²) >= 11 is 4.24. The maximum atomic E-state index is 13.4. The third kappa shape index (κ3) is 4.21. The summed E-state index contributed by atoms with van der Waals surface area (Å²) in [4.78, 5) is 34.8. The highest BCUT2D eigenvalue weighted by molar-refractivity contribution is 7.96. The Morgan fingerprint density at radius 3 is 2.68 bits per heavy atom. The number of aliphatic hydroxyl groups excluding tert-OH is 1. The number of benzene rings is 1. The lowest BCUT2D eigenvalue weighted by Gasteiger charge is -2.60. The molecule has 0 radical (unpaired) electrons. The van der Waals surface area contributed by atoms with Gasteiger partial charge in [0.2, 0.25) is 5.12 Å². The first-order valence-electron chi connectivity index (χ1n) is 14.0. The molecule has 3 fully saturated rings. The number of hydrogen-bond donors (Lipinski definition) is 3. The average Bonchev–Trinajstić information content (AvgIpc) is 3.57. The second-order valence-electron chi connectivity index (χ2n) is 12.4. The summed E-state index contributed by atoms with van der Waals surface area (Å²) in [5.41, 5.74) is 6.91. The molecule has 4 aliphatic rings. The van der Waals surface area contributed by atoms with Gasteiger partial charge in [-0.1, -0.05) is 19.4 Å². The predicted molar refractivity (Wildman–Crippen MR) is 153 cm³/mol. The van der Waals surface area contributed by atoms with Gasteiger partial charge in [-0.15, -0.1) is 12.6 Å². The monoisotopic (exact) mass is 579 g/mol. The summed E-state index contributed by atoms with van der Waals surface area (Å²) in [6.45, 7) is 4.15. The van der Waals surface area contributed by atoms with E-state index in [0.29, 0.717) is 24.9 Å². The van der Waals surface area contributed by atoms with Crippen LogP contribution in [0.5, 0.6) is 0 Å². The summed E-state index contributed by atoms with van der Waals surface area (Å²) in [6, 6.07) is 6.03. The van der Waals surface area contributed by atoms with E-state index in [1.807, 2.05) is 6.92 Å². The standard InChI is InChI=1S/C31H34FN3O5S/c1-29-12-17(14-33)23(35-20-6-4-19(32)5-7-20)11-18(29)3-8-21-22-9-10-31(28(38)41,30(22,2)13-25(36)26(21)29)40-27(37)24-15-39-16-34-24/h4-7,11,14-16,21-22,25-26,36H,3,8-10,12-13,33H2,1-2H3,(H,38,41)/t21-,22?,25?,26?,29-,30-,31-/m0/s1. The summed E-state index contributed by atoms with van der Waals surface area (Å²) in [5, 5.41) is 11.4. The van der Waals surface area contributed by atoms with Gasteiger partial charge < -0.3 is 20.0 Å². The van der Waals surface area contributed by atoms with Crippen LogP contribution in [0, 0.1) is 34.4 Å². The van der Waals surface area contributed by atoms with Crippen molar-refractivity contribution in [1.82, 2.24) is 4.98 Å². The number of thiol groups is 1. The molecule has 1 heterocycles. The van der Waals surface area contributed by atoms with Crippen molar-refractivity contribution < 1.29 is 28.2 Å². The van der Waals surface area contributed by atoms with Crippen LogP contribution in [0.4, 0.5) is 10.1 Å². The Morgan fingerprint density at radius 1 is 1.27 bits per heavy atom. The van der Waals surface area contributed by atoms with Crippen molar-refractivity contribution >= 4 is 35.1 Å². The van der Waals surface area contributed by atoms with Gasteiger partial charge in [-0.2, -0.15) is 0 Å². The van der Waals surface area contributed by atoms with E-state index < -0.39 is 28.2 Å². The van der Waals surface area contributed by atoms with Crippen molar-refractivity contribution in [1.29, 1.82) is 0 Å². The number of oxazole rings is 1. The van der Waals surface area contributed by atoms with Crippen LogP contribution in [-0.2, 0) is 9.53 Å². The molecule has 10 heteroatoms. The minimum absolute atomic E-state index is 0.0124. The lowest BCUT2D eigenvalue weighted by molar-refractivity contribution is -0.174. The van der Waals surface area contributed by atoms with Crippen LogP contribution in [0.1, 0.15) is 62.9 Å². The fraction of sp³-hybridized carbons (Fsp3) is 0.484. The van der Waals surface area contributed by atoms with Gasteiger partial charge in [0.05, 0.1) is 17.5 Å². The number of nitrogens with zero attached hydrogens (tertiary/aromatic N) is 2. The van der Waals surface area contributed by atoms with E-state index in [1.54, 1.807) is 18.3 Å². The summed E-state index contributed by atoms with van der Waals surface area (Å²) in [6.07, 6.45) is 8.76. The van der Waals surface area contributed by atoms with E-state index >= 15 is 0 Å². The molecular weight excluding hydrogens is 545 g/mol. The molecule has 0 bridgehead atoms. The van der Waals surface area contributed by atoms with Gasteiger partial charge in [0.15, 0.2) is 17.7 Å². The average molecular weight is 580 g/mol. The van der Waals surface area contributed by atoms with Gasteiger partial charge in [-0.05, 0) is 104 Å². The van der Waals surface area contributed by atoms with E-state index in [9.17, 15) is 19.1 Å². The Labute approximate surface area is 243 Å². The molecule has 8 nitrogen and oxygen atoms in total. The van der Waals surface area contributed by atoms with Crippen LogP contribution in [0.2, 0.25) is 0 Å². The Bertz CT molecular complexity index is 1470. The van der Waals surface area contributed by atoms with Crippen LogP contribution >= 0.6 is 12.6 Å². The molecule has 6 rings (SSSR count). The van der Waals surface area contributed by atoms with E-state index in [0.717, 1.165) is 30.5 Å². The SMILES string of the molecule is C[C@]12CC(=CN)C(=Nc3ccc(F)cc3)C=C1CC[C@@H]1C2C(O)C[C@@]2(C)C1CC[C@]2(OC(=O)c1cocn1)C(=O)S. The molecule has 1 aromatic carbocycles. The Hall–Kier alpha value is -3.24. The Kier molecular flexibility index (Phi) is 6.77. The molecule has 7 atom stereocenters. The maximum Gasteiger partial charge on any atom is 0.361 e. The van der Waals surface area contributed by atoms with E-state index in [2.05, 4.69) is 30.6 Å². The number of ether oxygens (including phenoxy) is 1. The zero-order valence-corrected chi connectivity index (χ0v) is 23.9. The highest BCUT2D eigenvalue weighted by atomic mass is 32.1. The molecule has 216 valence electrons. The smallest absolute Gasteiger partial charge is 0.361 e. The molecule has 0 amide bonds. The van der Waals surface area contributed by atoms with Crippen molar-refractivity contribution in [2.45, 2.75) is 64.1 Å². The number of halogens is 1. The van der Waals surface area contributed by atoms with Crippen LogP contribution in [-0.4, -0.2) is 38.6 Å². The van der Waals surface area contributed by atoms with E-state index in [-0.39, 0.29) is 41.1 Å². The second kappa shape index (κ2) is 9.94. The highest BCUT2D eigenvalue weighted by Gasteiger charge is 2.70. The zero-order valence-electron chi connectivity index (χ0n) is 23.0. The number of carbonyl (C=O) groups excluding carboxylic acids is 2. The van der Waals surface area contributed by atoms with Crippen LogP contribution in [0.25, 0.3) is 0 Å². The molecule has 0 spiro atoms. The molecule has 41 heavy (non-hydrogen) atoms. The summed E-state index contributed by atoms with van der Waals surface area (Å²) < 4.78 is 24.4. The van der Waals surface area contributed by atoms with Crippen LogP contribution in [0.3, 0.4) is 0 Å². The second-order valence-corrected chi connectivity index (χ2v) is 12.8. The molecule has 3 saturated carbocycles. The third-order valence-corrected chi connectivity index (χ3v) is 10.9. The van der Waals surface area contributed by atoms with Crippen LogP contribution < -0.4 is 5.73 Å². The molecule has 0 saturated heterocycles. The number of nitrogens with two attached hydrogens (primary N) is 1.